The molecule has 2 rings (SSSR count). The normalized spacial score (nSPS) is 11.5. The second-order valence-electron chi connectivity index (χ2n) is 4.34. The van der Waals surface area contributed by atoms with Crippen molar-refractivity contribution in [1.29, 1.82) is 0 Å². The molecule has 2 aromatic rings. The van der Waals surface area contributed by atoms with Crippen molar-refractivity contribution in [3.63, 3.8) is 0 Å². The van der Waals surface area contributed by atoms with Crippen molar-refractivity contribution in [3.8, 4) is 0 Å². The monoisotopic (exact) mass is 237 g/mol. The maximum Gasteiger partial charge on any atom is -0.0242 e. The molecule has 0 radical (unpaired) electrons. The Morgan fingerprint density at radius 1 is 0.889 bits per heavy atom. The molecule has 0 aromatic heterocycles. The molecule has 92 valence electrons. The SMILES string of the molecule is [O-]CC(=Cc1ccccc1)CCc1ccccc1. The van der Waals surface area contributed by atoms with Crippen LogP contribution in [0.25, 0.3) is 6.08 Å². The number of benzene rings is 2. The molecule has 0 bridgehead atoms. The Balaban J connectivity index is 2.00. The van der Waals surface area contributed by atoms with E-state index in [4.69, 9.17) is 0 Å². The first-order chi connectivity index (χ1) is 8.88. The summed E-state index contributed by atoms with van der Waals surface area (Å²) < 4.78 is 0. The van der Waals surface area contributed by atoms with Crippen LogP contribution in [0.15, 0.2) is 66.2 Å². The highest BCUT2D eigenvalue weighted by Gasteiger charge is 1.95. The lowest BCUT2D eigenvalue weighted by molar-refractivity contribution is -0.356. The third-order valence-corrected chi connectivity index (χ3v) is 2.93. The van der Waals surface area contributed by atoms with E-state index in [2.05, 4.69) is 12.1 Å². The van der Waals surface area contributed by atoms with Crippen molar-refractivity contribution >= 4 is 6.08 Å². The molecule has 0 saturated carbocycles. The summed E-state index contributed by atoms with van der Waals surface area (Å²) >= 11 is 0. The topological polar surface area (TPSA) is 23.1 Å². The molecule has 18 heavy (non-hydrogen) atoms. The van der Waals surface area contributed by atoms with E-state index in [-0.39, 0.29) is 6.61 Å². The van der Waals surface area contributed by atoms with Gasteiger partial charge in [0.05, 0.1) is 0 Å². The smallest absolute Gasteiger partial charge is 0.0242 e. The second kappa shape index (κ2) is 6.77. The van der Waals surface area contributed by atoms with Crippen molar-refractivity contribution in [2.24, 2.45) is 0 Å². The van der Waals surface area contributed by atoms with Crippen LogP contribution in [-0.4, -0.2) is 6.61 Å². The van der Waals surface area contributed by atoms with Crippen molar-refractivity contribution < 1.29 is 5.11 Å². The maximum atomic E-state index is 11.2. The van der Waals surface area contributed by atoms with E-state index >= 15 is 0 Å². The summed E-state index contributed by atoms with van der Waals surface area (Å²) in [7, 11) is 0. The Bertz CT molecular complexity index is 486. The highest BCUT2D eigenvalue weighted by atomic mass is 16.3. The fourth-order valence-corrected chi connectivity index (χ4v) is 1.92. The van der Waals surface area contributed by atoms with Crippen LogP contribution in [0.4, 0.5) is 0 Å². The van der Waals surface area contributed by atoms with Crippen LogP contribution in [-0.2, 0) is 6.42 Å². The number of hydrogen-bond donors (Lipinski definition) is 0. The summed E-state index contributed by atoms with van der Waals surface area (Å²) in [6, 6.07) is 20.3. The van der Waals surface area contributed by atoms with Crippen molar-refractivity contribution in [2.75, 3.05) is 6.61 Å². The zero-order valence-electron chi connectivity index (χ0n) is 10.4. The van der Waals surface area contributed by atoms with Gasteiger partial charge in [-0.25, -0.2) is 0 Å². The third-order valence-electron chi connectivity index (χ3n) is 2.93. The molecular formula is C17H17O-. The van der Waals surface area contributed by atoms with Gasteiger partial charge in [0.25, 0.3) is 0 Å². The molecule has 2 aromatic carbocycles. The van der Waals surface area contributed by atoms with Gasteiger partial charge in [0, 0.05) is 0 Å². The van der Waals surface area contributed by atoms with Crippen LogP contribution >= 0.6 is 0 Å². The van der Waals surface area contributed by atoms with Crippen LogP contribution in [0, 0.1) is 0 Å². The van der Waals surface area contributed by atoms with Crippen LogP contribution in [0.1, 0.15) is 17.5 Å². The van der Waals surface area contributed by atoms with Gasteiger partial charge in [0.1, 0.15) is 0 Å². The van der Waals surface area contributed by atoms with Crippen molar-refractivity contribution in [1.82, 2.24) is 0 Å². The molecule has 1 heteroatoms. The molecule has 1 nitrogen and oxygen atoms in total. The number of hydrogen-bond acceptors (Lipinski definition) is 1. The van der Waals surface area contributed by atoms with Gasteiger partial charge in [-0.1, -0.05) is 72.3 Å². The average molecular weight is 237 g/mol. The zero-order valence-corrected chi connectivity index (χ0v) is 10.4. The fourth-order valence-electron chi connectivity index (χ4n) is 1.92. The summed E-state index contributed by atoms with van der Waals surface area (Å²) in [5, 5.41) is 11.2. The van der Waals surface area contributed by atoms with E-state index in [9.17, 15) is 5.11 Å². The molecule has 0 aliphatic carbocycles. The Labute approximate surface area is 108 Å². The first-order valence-electron chi connectivity index (χ1n) is 6.25. The van der Waals surface area contributed by atoms with Gasteiger partial charge < -0.3 is 5.11 Å². The Morgan fingerprint density at radius 2 is 1.50 bits per heavy atom. The Hall–Kier alpha value is -1.86. The first-order valence-corrected chi connectivity index (χ1v) is 6.25. The molecule has 0 atom stereocenters. The molecule has 0 aliphatic heterocycles. The van der Waals surface area contributed by atoms with E-state index < -0.39 is 0 Å². The van der Waals surface area contributed by atoms with Crippen LogP contribution in [0.3, 0.4) is 0 Å². The predicted molar refractivity (Wildman–Crippen MR) is 74.0 cm³/mol. The van der Waals surface area contributed by atoms with E-state index in [1.165, 1.54) is 5.56 Å². The van der Waals surface area contributed by atoms with Crippen molar-refractivity contribution in [3.05, 3.63) is 77.4 Å². The molecule has 0 spiro atoms. The minimum atomic E-state index is -0.123. The summed E-state index contributed by atoms with van der Waals surface area (Å²) in [5.41, 5.74) is 3.35. The molecule has 0 saturated heterocycles. The molecule has 0 unspecified atom stereocenters. The molecule has 0 amide bonds. The summed E-state index contributed by atoms with van der Waals surface area (Å²) in [4.78, 5) is 0. The van der Waals surface area contributed by atoms with Crippen LogP contribution in [0.2, 0.25) is 0 Å². The van der Waals surface area contributed by atoms with Gasteiger partial charge in [-0.15, -0.1) is 6.61 Å². The maximum absolute atomic E-state index is 11.2. The van der Waals surface area contributed by atoms with Gasteiger partial charge in [0.2, 0.25) is 0 Å². The fraction of sp³-hybridized carbons (Fsp3) is 0.176. The van der Waals surface area contributed by atoms with E-state index in [0.717, 1.165) is 24.0 Å². The number of aryl methyl sites for hydroxylation is 1. The summed E-state index contributed by atoms with van der Waals surface area (Å²) in [5.74, 6) is 0. The van der Waals surface area contributed by atoms with Gasteiger partial charge in [-0.2, -0.15) is 0 Å². The Morgan fingerprint density at radius 3 is 2.11 bits per heavy atom. The number of rotatable bonds is 5. The molecule has 0 fully saturated rings. The average Bonchev–Trinajstić information content (AvgIpc) is 2.45. The van der Waals surface area contributed by atoms with E-state index in [1.54, 1.807) is 0 Å². The predicted octanol–water partition coefficient (Wildman–Crippen LogP) is 3.06. The van der Waals surface area contributed by atoms with Crippen molar-refractivity contribution in [2.45, 2.75) is 12.8 Å². The minimum absolute atomic E-state index is 0.123. The molecule has 0 heterocycles. The minimum Gasteiger partial charge on any atom is -0.851 e. The molecular weight excluding hydrogens is 220 g/mol. The summed E-state index contributed by atoms with van der Waals surface area (Å²) in [6.07, 6.45) is 3.78. The molecule has 0 N–H and O–H groups in total. The standard InChI is InChI=1S/C17H17O/c18-14-17(13-16-9-5-2-6-10-16)12-11-15-7-3-1-4-8-15/h1-10,13H,11-12,14H2/q-1. The first kappa shape index (κ1) is 12.6. The summed E-state index contributed by atoms with van der Waals surface area (Å²) in [6.45, 7) is -0.123. The van der Waals surface area contributed by atoms with Gasteiger partial charge in [0.15, 0.2) is 0 Å². The Kier molecular flexibility index (Phi) is 4.74. The van der Waals surface area contributed by atoms with E-state index in [0.29, 0.717) is 0 Å². The van der Waals surface area contributed by atoms with Gasteiger partial charge in [-0.05, 0) is 24.0 Å². The molecule has 0 aliphatic rings. The lowest BCUT2D eigenvalue weighted by atomic mass is 10.0. The lowest BCUT2D eigenvalue weighted by Crippen LogP contribution is -2.09. The largest absolute Gasteiger partial charge is 0.851 e. The zero-order chi connectivity index (χ0) is 12.6. The quantitative estimate of drug-likeness (QED) is 0.783. The third kappa shape index (κ3) is 3.86. The van der Waals surface area contributed by atoms with Crippen LogP contribution < -0.4 is 5.11 Å². The second-order valence-corrected chi connectivity index (χ2v) is 4.34. The van der Waals surface area contributed by atoms with Crippen LogP contribution in [0.5, 0.6) is 0 Å². The lowest BCUT2D eigenvalue weighted by Gasteiger charge is -2.11. The van der Waals surface area contributed by atoms with E-state index in [1.807, 2.05) is 54.6 Å². The highest BCUT2D eigenvalue weighted by molar-refractivity contribution is 5.52. The van der Waals surface area contributed by atoms with Gasteiger partial charge in [-0.3, -0.25) is 0 Å². The van der Waals surface area contributed by atoms with Gasteiger partial charge >= 0.3 is 0 Å². The highest BCUT2D eigenvalue weighted by Crippen LogP contribution is 2.12.